The topological polar surface area (TPSA) is 44.5 Å². The van der Waals surface area contributed by atoms with Crippen LogP contribution >= 0.6 is 0 Å². The second-order valence-electron chi connectivity index (χ2n) is 6.12. The summed E-state index contributed by atoms with van der Waals surface area (Å²) in [5.74, 6) is -0.608. The van der Waals surface area contributed by atoms with Crippen molar-refractivity contribution in [1.29, 1.82) is 0 Å². The van der Waals surface area contributed by atoms with Crippen molar-refractivity contribution in [3.63, 3.8) is 0 Å². The zero-order valence-corrected chi connectivity index (χ0v) is 11.6. The molecule has 0 unspecified atom stereocenters. The molecule has 3 nitrogen and oxygen atoms in total. The highest BCUT2D eigenvalue weighted by Gasteiger charge is 2.46. The van der Waals surface area contributed by atoms with Crippen LogP contribution in [-0.4, -0.2) is 18.4 Å². The maximum Gasteiger partial charge on any atom is 0.171 e. The van der Waals surface area contributed by atoms with Crippen LogP contribution in [0.5, 0.6) is 0 Å². The minimum absolute atomic E-state index is 0.0971. The maximum absolute atomic E-state index is 6.19. The van der Waals surface area contributed by atoms with E-state index in [-0.39, 0.29) is 17.6 Å². The lowest BCUT2D eigenvalue weighted by Gasteiger charge is -2.48. The minimum Gasteiger partial charge on any atom is -0.348 e. The van der Waals surface area contributed by atoms with Crippen LogP contribution in [0, 0.1) is 5.41 Å². The minimum atomic E-state index is -0.608. The van der Waals surface area contributed by atoms with Gasteiger partial charge in [0, 0.05) is 5.41 Å². The molecule has 2 N–H and O–H groups in total. The fourth-order valence-corrected chi connectivity index (χ4v) is 2.06. The van der Waals surface area contributed by atoms with Gasteiger partial charge in [-0.3, -0.25) is 0 Å². The van der Waals surface area contributed by atoms with E-state index in [1.165, 1.54) is 0 Å². The molecule has 0 spiro atoms. The third kappa shape index (κ3) is 2.44. The van der Waals surface area contributed by atoms with Crippen molar-refractivity contribution >= 4 is 0 Å². The van der Waals surface area contributed by atoms with Gasteiger partial charge in [0.25, 0.3) is 0 Å². The monoisotopic (exact) mass is 249 g/mol. The van der Waals surface area contributed by atoms with Crippen LogP contribution in [0.1, 0.15) is 39.4 Å². The van der Waals surface area contributed by atoms with Crippen LogP contribution in [0.15, 0.2) is 30.3 Å². The van der Waals surface area contributed by atoms with E-state index in [4.69, 9.17) is 15.2 Å². The summed E-state index contributed by atoms with van der Waals surface area (Å²) < 4.78 is 12.0. The highest BCUT2D eigenvalue weighted by molar-refractivity contribution is 5.20. The zero-order chi connectivity index (χ0) is 13.4. The highest BCUT2D eigenvalue weighted by Crippen LogP contribution is 2.42. The Bertz CT molecular complexity index is 399. The molecular weight excluding hydrogens is 226 g/mol. The summed E-state index contributed by atoms with van der Waals surface area (Å²) in [7, 11) is 0. The summed E-state index contributed by atoms with van der Waals surface area (Å²) in [5.41, 5.74) is 7.14. The lowest BCUT2D eigenvalue weighted by atomic mass is 9.85. The molecule has 2 rings (SSSR count). The molecule has 3 heteroatoms. The molecule has 1 heterocycles. The van der Waals surface area contributed by atoms with Gasteiger partial charge < -0.3 is 15.2 Å². The van der Waals surface area contributed by atoms with Crippen molar-refractivity contribution in [3.8, 4) is 0 Å². The molecule has 0 amide bonds. The SMILES string of the molecule is CC(C)(C)[C@]1(C)OC[C@H](N)[C@H](c2ccccc2)O1. The molecule has 3 atom stereocenters. The predicted octanol–water partition coefficient (Wildman–Crippen LogP) is 2.86. The van der Waals surface area contributed by atoms with Crippen molar-refractivity contribution in [2.45, 2.75) is 45.6 Å². The second kappa shape index (κ2) is 4.65. The normalized spacial score (nSPS) is 33.4. The standard InChI is InChI=1S/C15H23NO2/c1-14(2,3)15(4)17-10-12(16)13(18-15)11-8-6-5-7-9-11/h5-9,12-13H,10,16H2,1-4H3/t12-,13-,15+/m0/s1. The van der Waals surface area contributed by atoms with Gasteiger partial charge in [0.05, 0.1) is 12.6 Å². The van der Waals surface area contributed by atoms with Gasteiger partial charge in [0.15, 0.2) is 5.79 Å². The third-order valence-corrected chi connectivity index (χ3v) is 3.78. The number of nitrogens with two attached hydrogens (primary N) is 1. The van der Waals surface area contributed by atoms with Gasteiger partial charge in [0.1, 0.15) is 6.10 Å². The van der Waals surface area contributed by atoms with E-state index < -0.39 is 5.79 Å². The molecule has 0 radical (unpaired) electrons. The smallest absolute Gasteiger partial charge is 0.171 e. The number of benzene rings is 1. The molecular formula is C15H23NO2. The summed E-state index contributed by atoms with van der Waals surface area (Å²) >= 11 is 0. The molecule has 100 valence electrons. The van der Waals surface area contributed by atoms with E-state index in [0.29, 0.717) is 6.61 Å². The second-order valence-corrected chi connectivity index (χ2v) is 6.12. The van der Waals surface area contributed by atoms with Crippen LogP contribution in [0.4, 0.5) is 0 Å². The predicted molar refractivity (Wildman–Crippen MR) is 72.1 cm³/mol. The molecule has 0 aromatic heterocycles. The van der Waals surface area contributed by atoms with E-state index >= 15 is 0 Å². The molecule has 1 aliphatic heterocycles. The number of hydrogen-bond donors (Lipinski definition) is 1. The Morgan fingerprint density at radius 1 is 1.22 bits per heavy atom. The Morgan fingerprint density at radius 3 is 2.39 bits per heavy atom. The maximum atomic E-state index is 6.19. The number of hydrogen-bond acceptors (Lipinski definition) is 3. The van der Waals surface area contributed by atoms with Gasteiger partial charge in [-0.15, -0.1) is 0 Å². The first-order valence-corrected chi connectivity index (χ1v) is 6.46. The first kappa shape index (κ1) is 13.5. The van der Waals surface area contributed by atoms with Gasteiger partial charge in [-0.05, 0) is 12.5 Å². The highest BCUT2D eigenvalue weighted by atomic mass is 16.7. The van der Waals surface area contributed by atoms with E-state index in [2.05, 4.69) is 32.9 Å². The summed E-state index contributed by atoms with van der Waals surface area (Å²) in [5, 5.41) is 0. The Hall–Kier alpha value is -0.900. The molecule has 0 aliphatic carbocycles. The fraction of sp³-hybridized carbons (Fsp3) is 0.600. The average molecular weight is 249 g/mol. The molecule has 18 heavy (non-hydrogen) atoms. The molecule has 1 aromatic rings. The molecule has 0 saturated carbocycles. The molecule has 0 bridgehead atoms. The van der Waals surface area contributed by atoms with Crippen LogP contribution < -0.4 is 5.73 Å². The first-order valence-electron chi connectivity index (χ1n) is 6.46. The quantitative estimate of drug-likeness (QED) is 0.832. The largest absolute Gasteiger partial charge is 0.348 e. The van der Waals surface area contributed by atoms with Gasteiger partial charge in [-0.25, -0.2) is 0 Å². The Labute approximate surface area is 109 Å². The molecule has 1 saturated heterocycles. The lowest BCUT2D eigenvalue weighted by molar-refractivity contribution is -0.333. The van der Waals surface area contributed by atoms with Crippen LogP contribution in [0.3, 0.4) is 0 Å². The van der Waals surface area contributed by atoms with Crippen molar-refractivity contribution in [2.24, 2.45) is 11.1 Å². The summed E-state index contributed by atoms with van der Waals surface area (Å²) in [6.07, 6.45) is -0.107. The van der Waals surface area contributed by atoms with Gasteiger partial charge in [0.2, 0.25) is 0 Å². The van der Waals surface area contributed by atoms with Gasteiger partial charge in [-0.1, -0.05) is 51.1 Å². The Morgan fingerprint density at radius 2 is 1.83 bits per heavy atom. The third-order valence-electron chi connectivity index (χ3n) is 3.78. The van der Waals surface area contributed by atoms with Crippen LogP contribution in [0.25, 0.3) is 0 Å². The summed E-state index contributed by atoms with van der Waals surface area (Å²) in [6.45, 7) is 8.87. The first-order chi connectivity index (χ1) is 8.33. The van der Waals surface area contributed by atoms with Crippen molar-refractivity contribution in [3.05, 3.63) is 35.9 Å². The molecule has 1 fully saturated rings. The van der Waals surface area contributed by atoms with Crippen molar-refractivity contribution < 1.29 is 9.47 Å². The van der Waals surface area contributed by atoms with Crippen molar-refractivity contribution in [2.75, 3.05) is 6.61 Å². The van der Waals surface area contributed by atoms with Crippen LogP contribution in [-0.2, 0) is 9.47 Å². The van der Waals surface area contributed by atoms with E-state index in [9.17, 15) is 0 Å². The Kier molecular flexibility index (Phi) is 3.49. The summed E-state index contributed by atoms with van der Waals surface area (Å²) in [6, 6.07) is 10.0. The van der Waals surface area contributed by atoms with Gasteiger partial charge >= 0.3 is 0 Å². The Balaban J connectivity index is 2.26. The van der Waals surface area contributed by atoms with Gasteiger partial charge in [-0.2, -0.15) is 0 Å². The number of rotatable bonds is 1. The van der Waals surface area contributed by atoms with E-state index in [0.717, 1.165) is 5.56 Å². The van der Waals surface area contributed by atoms with E-state index in [1.807, 2.05) is 25.1 Å². The fourth-order valence-electron chi connectivity index (χ4n) is 2.06. The molecule has 1 aliphatic rings. The summed E-state index contributed by atoms with van der Waals surface area (Å²) in [4.78, 5) is 0. The average Bonchev–Trinajstić information content (AvgIpc) is 2.32. The lowest BCUT2D eigenvalue weighted by Crippen LogP contribution is -2.55. The zero-order valence-electron chi connectivity index (χ0n) is 11.6. The van der Waals surface area contributed by atoms with Crippen molar-refractivity contribution in [1.82, 2.24) is 0 Å². The molecule has 1 aromatic carbocycles. The van der Waals surface area contributed by atoms with Crippen LogP contribution in [0.2, 0.25) is 0 Å². The van der Waals surface area contributed by atoms with E-state index in [1.54, 1.807) is 0 Å². The number of ether oxygens (including phenoxy) is 2.